The summed E-state index contributed by atoms with van der Waals surface area (Å²) < 4.78 is 0. The summed E-state index contributed by atoms with van der Waals surface area (Å²) >= 11 is 1.12. The third kappa shape index (κ3) is 2.10. The first kappa shape index (κ1) is 9.59. The average molecular weight is 223 g/mol. The van der Waals surface area contributed by atoms with E-state index in [0.717, 1.165) is 11.8 Å². The fourth-order valence-electron chi connectivity index (χ4n) is 0.992. The second kappa shape index (κ2) is 4.05. The van der Waals surface area contributed by atoms with E-state index >= 15 is 0 Å². The van der Waals surface area contributed by atoms with E-state index in [4.69, 9.17) is 0 Å². The van der Waals surface area contributed by atoms with Gasteiger partial charge in [-0.3, -0.25) is 10.1 Å². The highest BCUT2D eigenvalue weighted by atomic mass is 32.2. The van der Waals surface area contributed by atoms with Crippen molar-refractivity contribution in [1.29, 1.82) is 0 Å². The maximum Gasteiger partial charge on any atom is 0.283 e. The molecule has 0 aliphatic heterocycles. The third-order valence-corrected chi connectivity index (χ3v) is 2.53. The van der Waals surface area contributed by atoms with Gasteiger partial charge >= 0.3 is 0 Å². The third-order valence-electron chi connectivity index (χ3n) is 1.59. The maximum absolute atomic E-state index is 10.7. The Bertz CT molecular complexity index is 472. The minimum absolute atomic E-state index is 0.0406. The van der Waals surface area contributed by atoms with E-state index in [1.165, 1.54) is 6.07 Å². The molecule has 0 saturated heterocycles. The van der Waals surface area contributed by atoms with Crippen molar-refractivity contribution in [2.75, 3.05) is 0 Å². The Balaban J connectivity index is 2.32. The van der Waals surface area contributed by atoms with E-state index in [-0.39, 0.29) is 5.69 Å². The number of aromatic amines is 1. The molecule has 0 aliphatic carbocycles. The number of H-pyrrole nitrogens is 1. The van der Waals surface area contributed by atoms with E-state index in [2.05, 4.69) is 20.6 Å². The molecule has 0 unspecified atom stereocenters. The second-order valence-electron chi connectivity index (χ2n) is 2.53. The van der Waals surface area contributed by atoms with Gasteiger partial charge in [-0.05, 0) is 28.3 Å². The van der Waals surface area contributed by atoms with Crippen LogP contribution in [0.4, 0.5) is 5.69 Å². The topological polar surface area (TPSA) is 97.6 Å². The number of hydrogen-bond donors (Lipinski definition) is 1. The summed E-state index contributed by atoms with van der Waals surface area (Å²) in [7, 11) is 0. The lowest BCUT2D eigenvalue weighted by atomic mass is 10.3. The summed E-state index contributed by atoms with van der Waals surface area (Å²) in [4.78, 5) is 10.7. The summed E-state index contributed by atoms with van der Waals surface area (Å²) in [6.07, 6.45) is 0. The summed E-state index contributed by atoms with van der Waals surface area (Å²) in [5, 5.41) is 24.0. The zero-order valence-corrected chi connectivity index (χ0v) is 8.14. The van der Waals surface area contributed by atoms with Gasteiger partial charge in [-0.1, -0.05) is 12.1 Å². The van der Waals surface area contributed by atoms with Crippen molar-refractivity contribution < 1.29 is 4.92 Å². The summed E-state index contributed by atoms with van der Waals surface area (Å²) in [6.45, 7) is 0. The van der Waals surface area contributed by atoms with Gasteiger partial charge < -0.3 is 0 Å². The van der Waals surface area contributed by atoms with Crippen molar-refractivity contribution >= 4 is 17.4 Å². The van der Waals surface area contributed by atoms with Gasteiger partial charge in [0.15, 0.2) is 0 Å². The standard InChI is InChI=1S/C7H5N5O2S/c13-12(14)5-3-1-2-4-6(5)15-7-8-10-11-9-7/h1-4H,(H,8,9,10,11). The van der Waals surface area contributed by atoms with Crippen molar-refractivity contribution in [2.24, 2.45) is 0 Å². The Hall–Kier alpha value is -1.96. The van der Waals surface area contributed by atoms with Gasteiger partial charge in [0.05, 0.1) is 9.82 Å². The molecule has 1 N–H and O–H groups in total. The van der Waals surface area contributed by atoms with Gasteiger partial charge in [0.1, 0.15) is 0 Å². The van der Waals surface area contributed by atoms with Crippen LogP contribution in [0.3, 0.4) is 0 Å². The highest BCUT2D eigenvalue weighted by Crippen LogP contribution is 2.31. The number of aromatic nitrogens is 4. The highest BCUT2D eigenvalue weighted by molar-refractivity contribution is 7.99. The number of hydrogen-bond acceptors (Lipinski definition) is 6. The SMILES string of the molecule is O=[N+]([O-])c1ccccc1Sc1nnn[nH]1. The number of nitro benzene ring substituents is 1. The Morgan fingerprint density at radius 3 is 2.87 bits per heavy atom. The Kier molecular flexibility index (Phi) is 2.59. The molecule has 0 atom stereocenters. The lowest BCUT2D eigenvalue weighted by molar-refractivity contribution is -0.387. The van der Waals surface area contributed by atoms with Crippen LogP contribution < -0.4 is 0 Å². The zero-order valence-electron chi connectivity index (χ0n) is 7.32. The Labute approximate surface area is 88.0 Å². The van der Waals surface area contributed by atoms with Crippen molar-refractivity contribution in [3.63, 3.8) is 0 Å². The molecule has 1 aromatic carbocycles. The fourth-order valence-corrected chi connectivity index (χ4v) is 1.76. The largest absolute Gasteiger partial charge is 0.283 e. The molecule has 1 aromatic heterocycles. The van der Waals surface area contributed by atoms with Crippen LogP contribution in [0.5, 0.6) is 0 Å². The van der Waals surface area contributed by atoms with E-state index in [0.29, 0.717) is 10.1 Å². The van der Waals surface area contributed by atoms with E-state index < -0.39 is 4.92 Å². The van der Waals surface area contributed by atoms with Gasteiger partial charge in [-0.2, -0.15) is 0 Å². The molecule has 1 heterocycles. The predicted molar refractivity (Wildman–Crippen MR) is 51.4 cm³/mol. The normalized spacial score (nSPS) is 10.1. The lowest BCUT2D eigenvalue weighted by Crippen LogP contribution is -1.90. The molecule has 15 heavy (non-hydrogen) atoms. The predicted octanol–water partition coefficient (Wildman–Crippen LogP) is 1.26. The molecule has 0 spiro atoms. The minimum atomic E-state index is -0.438. The highest BCUT2D eigenvalue weighted by Gasteiger charge is 2.14. The van der Waals surface area contributed by atoms with Crippen molar-refractivity contribution in [3.8, 4) is 0 Å². The van der Waals surface area contributed by atoms with Crippen LogP contribution in [0.1, 0.15) is 0 Å². The first-order valence-corrected chi connectivity index (χ1v) is 4.74. The van der Waals surface area contributed by atoms with Crippen LogP contribution in [0.15, 0.2) is 34.3 Å². The molecule has 0 fully saturated rings. The average Bonchev–Trinajstić information content (AvgIpc) is 2.71. The van der Waals surface area contributed by atoms with Crippen molar-refractivity contribution in [2.45, 2.75) is 10.1 Å². The molecule has 7 nitrogen and oxygen atoms in total. The monoisotopic (exact) mass is 223 g/mol. The molecule has 2 aromatic rings. The van der Waals surface area contributed by atoms with Crippen LogP contribution in [-0.4, -0.2) is 25.5 Å². The number of rotatable bonds is 3. The van der Waals surface area contributed by atoms with Gasteiger partial charge in [0.25, 0.3) is 5.69 Å². The second-order valence-corrected chi connectivity index (χ2v) is 3.56. The van der Waals surface area contributed by atoms with Crippen LogP contribution in [0.25, 0.3) is 0 Å². The van der Waals surface area contributed by atoms with E-state index in [1.807, 2.05) is 0 Å². The number of nitro groups is 1. The lowest BCUT2D eigenvalue weighted by Gasteiger charge is -1.97. The zero-order chi connectivity index (χ0) is 10.7. The summed E-state index contributed by atoms with van der Waals surface area (Å²) in [6, 6.07) is 6.41. The number of para-hydroxylation sites is 1. The molecular weight excluding hydrogens is 218 g/mol. The maximum atomic E-state index is 10.7. The quantitative estimate of drug-likeness (QED) is 0.621. The van der Waals surface area contributed by atoms with Crippen LogP contribution >= 0.6 is 11.8 Å². The van der Waals surface area contributed by atoms with Gasteiger partial charge in [-0.25, -0.2) is 5.10 Å². The first-order valence-electron chi connectivity index (χ1n) is 3.92. The summed E-state index contributed by atoms with van der Waals surface area (Å²) in [5.41, 5.74) is 0.0406. The molecule has 76 valence electrons. The van der Waals surface area contributed by atoms with Gasteiger partial charge in [-0.15, -0.1) is 5.10 Å². The first-order chi connectivity index (χ1) is 7.27. The smallest absolute Gasteiger partial charge is 0.258 e. The van der Waals surface area contributed by atoms with Crippen LogP contribution in [0, 0.1) is 10.1 Å². The van der Waals surface area contributed by atoms with Crippen molar-refractivity contribution in [3.05, 3.63) is 34.4 Å². The van der Waals surface area contributed by atoms with Crippen molar-refractivity contribution in [1.82, 2.24) is 20.6 Å². The van der Waals surface area contributed by atoms with Crippen LogP contribution in [0.2, 0.25) is 0 Å². The number of nitrogens with zero attached hydrogens (tertiary/aromatic N) is 4. The van der Waals surface area contributed by atoms with Gasteiger partial charge in [0.2, 0.25) is 5.16 Å². The molecule has 2 rings (SSSR count). The molecule has 0 saturated carbocycles. The minimum Gasteiger partial charge on any atom is -0.258 e. The Morgan fingerprint density at radius 2 is 2.20 bits per heavy atom. The molecule has 0 aliphatic rings. The Morgan fingerprint density at radius 1 is 1.40 bits per heavy atom. The fraction of sp³-hybridized carbons (Fsp3) is 0. The molecule has 8 heteroatoms. The van der Waals surface area contributed by atoms with Gasteiger partial charge in [0, 0.05) is 6.07 Å². The molecule has 0 amide bonds. The van der Waals surface area contributed by atoms with E-state index in [9.17, 15) is 10.1 Å². The number of nitrogens with one attached hydrogen (secondary N) is 1. The summed E-state index contributed by atoms with van der Waals surface area (Å²) in [5.74, 6) is 0. The van der Waals surface area contributed by atoms with Crippen LogP contribution in [-0.2, 0) is 0 Å². The number of benzene rings is 1. The molecule has 0 bridgehead atoms. The molecular formula is C7H5N5O2S. The van der Waals surface area contributed by atoms with E-state index in [1.54, 1.807) is 18.2 Å². The number of tetrazole rings is 1. The molecule has 0 radical (unpaired) electrons.